The first-order valence-electron chi connectivity index (χ1n) is 5.74. The number of alkyl halides is 5. The Morgan fingerprint density at radius 1 is 0.591 bits per heavy atom. The molecule has 0 amide bonds. The van der Waals surface area contributed by atoms with Crippen LogP contribution in [0, 0.1) is 0 Å². The van der Waals surface area contributed by atoms with Crippen molar-refractivity contribution in [2.45, 2.75) is 8.13 Å². The summed E-state index contributed by atoms with van der Waals surface area (Å²) in [6.07, 6.45) is 0. The van der Waals surface area contributed by atoms with Gasteiger partial charge in [-0.1, -0.05) is 105 Å². The molecule has 0 aliphatic heterocycles. The molecule has 2 rings (SSSR count). The van der Waals surface area contributed by atoms with Gasteiger partial charge in [-0.2, -0.15) is 0 Å². The summed E-state index contributed by atoms with van der Waals surface area (Å²) in [5.41, 5.74) is 1.03. The molecule has 0 radical (unpaired) electrons. The first kappa shape index (κ1) is 19.1. The smallest absolute Gasteiger partial charge is 0.0908 e. The largest absolute Gasteiger partial charge is 0.216 e. The van der Waals surface area contributed by atoms with Gasteiger partial charge in [-0.3, -0.25) is 0 Å². The van der Waals surface area contributed by atoms with E-state index in [1.54, 1.807) is 24.3 Å². The van der Waals surface area contributed by atoms with Crippen LogP contribution in [0.1, 0.15) is 16.7 Å². The Bertz CT molecular complexity index is 702. The summed E-state index contributed by atoms with van der Waals surface area (Å²) < 4.78 is -3.31. The van der Waals surface area contributed by atoms with E-state index in [2.05, 4.69) is 0 Å². The van der Waals surface area contributed by atoms with Gasteiger partial charge in [-0.15, -0.1) is 0 Å². The Labute approximate surface area is 168 Å². The summed E-state index contributed by atoms with van der Waals surface area (Å²) >= 11 is 49.1. The maximum absolute atomic E-state index is 6.53. The highest BCUT2D eigenvalue weighted by Gasteiger charge is 2.38. The fourth-order valence-electron chi connectivity index (χ4n) is 1.91. The molecule has 8 heteroatoms. The molecule has 0 aliphatic rings. The Morgan fingerprint density at radius 3 is 1.59 bits per heavy atom. The van der Waals surface area contributed by atoms with Crippen LogP contribution in [0.3, 0.4) is 0 Å². The van der Waals surface area contributed by atoms with Gasteiger partial charge < -0.3 is 0 Å². The highest BCUT2D eigenvalue weighted by atomic mass is 35.6. The van der Waals surface area contributed by atoms with Crippen LogP contribution in [0.5, 0.6) is 0 Å². The Balaban J connectivity index is 2.70. The van der Waals surface area contributed by atoms with Crippen LogP contribution < -0.4 is 0 Å². The molecule has 2 aromatic carbocycles. The second kappa shape index (κ2) is 6.94. The third-order valence-corrected chi connectivity index (χ3v) is 5.10. The van der Waals surface area contributed by atoms with Crippen molar-refractivity contribution < 1.29 is 0 Å². The fourth-order valence-corrected chi connectivity index (χ4v) is 3.87. The van der Waals surface area contributed by atoms with Gasteiger partial charge in [0, 0.05) is 31.8 Å². The maximum Gasteiger partial charge on any atom is 0.216 e. The molecule has 0 heterocycles. The van der Waals surface area contributed by atoms with E-state index in [0.29, 0.717) is 26.7 Å². The van der Waals surface area contributed by atoms with Crippen molar-refractivity contribution in [3.05, 3.63) is 68.2 Å². The summed E-state index contributed by atoms with van der Waals surface area (Å²) in [5, 5.41) is 1.13. The first-order chi connectivity index (χ1) is 10.0. The van der Waals surface area contributed by atoms with Crippen LogP contribution in [0.15, 0.2) is 36.4 Å². The molecule has 0 spiro atoms. The van der Waals surface area contributed by atoms with Gasteiger partial charge in [-0.25, -0.2) is 0 Å². The summed E-state index contributed by atoms with van der Waals surface area (Å²) in [5.74, 6) is 0. The molecule has 0 N–H and O–H groups in total. The van der Waals surface area contributed by atoms with Crippen molar-refractivity contribution in [2.24, 2.45) is 0 Å². The SMILES string of the molecule is Clc1ccc(C(Cl)(Cl)c2cc(Cl)ccc2C(Cl)(Cl)Cl)c(Cl)c1. The van der Waals surface area contributed by atoms with E-state index < -0.39 is 8.13 Å². The van der Waals surface area contributed by atoms with Crippen LogP contribution in [0.25, 0.3) is 0 Å². The monoisotopic (exact) mass is 454 g/mol. The molecule has 118 valence electrons. The molecule has 0 bridgehead atoms. The molecular formula is C14H6Cl8. The predicted molar refractivity (Wildman–Crippen MR) is 99.6 cm³/mol. The fraction of sp³-hybridized carbons (Fsp3) is 0.143. The molecule has 0 saturated carbocycles. The zero-order valence-electron chi connectivity index (χ0n) is 10.5. The zero-order chi connectivity index (χ0) is 16.7. The molecule has 0 aliphatic carbocycles. The van der Waals surface area contributed by atoms with Crippen molar-refractivity contribution in [1.82, 2.24) is 0 Å². The standard InChI is InChI=1S/C14H6Cl8/c15-7-1-3-9(14(20,21)22)11(5-7)13(18,19)10-4-2-8(16)6-12(10)17/h1-6H. The lowest BCUT2D eigenvalue weighted by molar-refractivity contribution is 0.994. The van der Waals surface area contributed by atoms with E-state index >= 15 is 0 Å². The summed E-state index contributed by atoms with van der Waals surface area (Å²) in [6, 6.07) is 9.40. The lowest BCUT2D eigenvalue weighted by Gasteiger charge is -2.27. The van der Waals surface area contributed by atoms with Gasteiger partial charge in [0.2, 0.25) is 3.79 Å². The van der Waals surface area contributed by atoms with Gasteiger partial charge in [0.25, 0.3) is 0 Å². The van der Waals surface area contributed by atoms with Crippen LogP contribution in [0.4, 0.5) is 0 Å². The Morgan fingerprint density at radius 2 is 1.09 bits per heavy atom. The van der Waals surface area contributed by atoms with E-state index in [1.165, 1.54) is 12.1 Å². The molecule has 0 saturated heterocycles. The molecule has 0 nitrogen and oxygen atoms in total. The van der Waals surface area contributed by atoms with E-state index in [0.717, 1.165) is 0 Å². The average Bonchev–Trinajstić information content (AvgIpc) is 2.36. The lowest BCUT2D eigenvalue weighted by atomic mass is 9.99. The topological polar surface area (TPSA) is 0 Å². The minimum atomic E-state index is -1.73. The van der Waals surface area contributed by atoms with Crippen LogP contribution in [-0.4, -0.2) is 0 Å². The van der Waals surface area contributed by atoms with Gasteiger partial charge in [-0.05, 0) is 24.3 Å². The number of benzene rings is 2. The van der Waals surface area contributed by atoms with Gasteiger partial charge in [0.05, 0.1) is 0 Å². The summed E-state index contributed by atoms with van der Waals surface area (Å²) in [4.78, 5) is 0. The second-order valence-electron chi connectivity index (χ2n) is 4.39. The van der Waals surface area contributed by atoms with E-state index in [4.69, 9.17) is 92.8 Å². The highest BCUT2D eigenvalue weighted by molar-refractivity contribution is 6.67. The minimum Gasteiger partial charge on any atom is -0.0908 e. The maximum atomic E-state index is 6.53. The van der Waals surface area contributed by atoms with Crippen molar-refractivity contribution >= 4 is 92.8 Å². The Kier molecular flexibility index (Phi) is 6.02. The highest BCUT2D eigenvalue weighted by Crippen LogP contribution is 2.51. The minimum absolute atomic E-state index is 0.285. The molecule has 0 fully saturated rings. The third kappa shape index (κ3) is 4.05. The predicted octanol–water partition coefficient (Wildman–Crippen LogP) is 8.15. The van der Waals surface area contributed by atoms with Crippen molar-refractivity contribution in [2.75, 3.05) is 0 Å². The quantitative estimate of drug-likeness (QED) is 0.399. The van der Waals surface area contributed by atoms with Crippen molar-refractivity contribution in [3.63, 3.8) is 0 Å². The third-order valence-electron chi connectivity index (χ3n) is 2.89. The number of hydrogen-bond donors (Lipinski definition) is 0. The van der Waals surface area contributed by atoms with Crippen molar-refractivity contribution in [1.29, 1.82) is 0 Å². The second-order valence-corrected chi connectivity index (χ2v) is 9.27. The Hall–Kier alpha value is 0.760. The average molecular weight is 458 g/mol. The van der Waals surface area contributed by atoms with Gasteiger partial charge in [0.15, 0.2) is 4.33 Å². The molecule has 22 heavy (non-hydrogen) atoms. The molecule has 0 atom stereocenters. The molecule has 0 unspecified atom stereocenters. The molecule has 0 aromatic heterocycles. The lowest BCUT2D eigenvalue weighted by Crippen LogP contribution is -2.19. The van der Waals surface area contributed by atoms with E-state index in [9.17, 15) is 0 Å². The normalized spacial score (nSPS) is 12.5. The van der Waals surface area contributed by atoms with Crippen LogP contribution in [0.2, 0.25) is 15.1 Å². The van der Waals surface area contributed by atoms with Gasteiger partial charge >= 0.3 is 0 Å². The van der Waals surface area contributed by atoms with Crippen molar-refractivity contribution in [3.8, 4) is 0 Å². The number of halogens is 8. The molecule has 2 aromatic rings. The number of hydrogen-bond acceptors (Lipinski definition) is 0. The summed E-state index contributed by atoms with van der Waals surface area (Å²) in [6.45, 7) is 0. The van der Waals surface area contributed by atoms with Gasteiger partial charge in [0.1, 0.15) is 0 Å². The van der Waals surface area contributed by atoms with E-state index in [1.807, 2.05) is 0 Å². The zero-order valence-corrected chi connectivity index (χ0v) is 16.5. The first-order valence-corrected chi connectivity index (χ1v) is 8.76. The van der Waals surface area contributed by atoms with Crippen LogP contribution >= 0.6 is 92.8 Å². The molecular weight excluding hydrogens is 452 g/mol. The van der Waals surface area contributed by atoms with Crippen LogP contribution in [-0.2, 0) is 8.13 Å². The van der Waals surface area contributed by atoms with E-state index in [-0.39, 0.29) is 5.02 Å². The number of rotatable bonds is 2. The summed E-state index contributed by atoms with van der Waals surface area (Å²) in [7, 11) is 0.